The number of pyridine rings is 1. The monoisotopic (exact) mass is 291 g/mol. The highest BCUT2D eigenvalue weighted by Crippen LogP contribution is 2.30. The molecule has 1 aromatic carbocycles. The Kier molecular flexibility index (Phi) is 2.96. The number of hydrogen-bond acceptors (Lipinski definition) is 3. The van der Waals surface area contributed by atoms with E-state index >= 15 is 0 Å². The number of fused-ring (bicyclic) bond motifs is 2. The lowest BCUT2D eigenvalue weighted by Gasteiger charge is -2.22. The first-order valence-electron chi connectivity index (χ1n) is 7.56. The molecule has 0 saturated carbocycles. The van der Waals surface area contributed by atoms with Crippen molar-refractivity contribution < 1.29 is 4.79 Å². The second-order valence-corrected chi connectivity index (χ2v) is 5.79. The van der Waals surface area contributed by atoms with Crippen LogP contribution < -0.4 is 10.2 Å². The SMILES string of the molecule is C=C1CCc2cc(C(=O)N3CCc4cccnc43)ccc2N1. The quantitative estimate of drug-likeness (QED) is 0.878. The summed E-state index contributed by atoms with van der Waals surface area (Å²) in [5.74, 6) is 0.835. The normalized spacial score (nSPS) is 16.0. The number of hydrogen-bond donors (Lipinski definition) is 1. The lowest BCUT2D eigenvalue weighted by atomic mass is 9.99. The Morgan fingerprint density at radius 1 is 1.18 bits per heavy atom. The molecular weight excluding hydrogens is 274 g/mol. The zero-order valence-corrected chi connectivity index (χ0v) is 12.3. The molecule has 3 heterocycles. The van der Waals surface area contributed by atoms with Crippen molar-refractivity contribution in [3.63, 3.8) is 0 Å². The van der Waals surface area contributed by atoms with E-state index in [2.05, 4.69) is 16.9 Å². The first-order chi connectivity index (χ1) is 10.7. The molecule has 0 saturated heterocycles. The van der Waals surface area contributed by atoms with Crippen LogP contribution in [0.3, 0.4) is 0 Å². The van der Waals surface area contributed by atoms with Gasteiger partial charge in [0.2, 0.25) is 0 Å². The summed E-state index contributed by atoms with van der Waals surface area (Å²) < 4.78 is 0. The summed E-state index contributed by atoms with van der Waals surface area (Å²) in [4.78, 5) is 19.0. The van der Waals surface area contributed by atoms with Crippen molar-refractivity contribution >= 4 is 17.4 Å². The predicted molar refractivity (Wildman–Crippen MR) is 87.1 cm³/mol. The number of carbonyl (C=O) groups is 1. The molecule has 0 atom stereocenters. The summed E-state index contributed by atoms with van der Waals surface area (Å²) >= 11 is 0. The van der Waals surface area contributed by atoms with Gasteiger partial charge in [-0.2, -0.15) is 0 Å². The molecule has 22 heavy (non-hydrogen) atoms. The summed E-state index contributed by atoms with van der Waals surface area (Å²) in [7, 11) is 0. The van der Waals surface area contributed by atoms with E-state index < -0.39 is 0 Å². The molecule has 2 aliphatic heterocycles. The molecule has 2 aliphatic rings. The number of nitrogens with zero attached hydrogens (tertiary/aromatic N) is 2. The molecule has 4 heteroatoms. The minimum absolute atomic E-state index is 0.0321. The Labute approximate surface area is 129 Å². The van der Waals surface area contributed by atoms with Crippen molar-refractivity contribution in [3.8, 4) is 0 Å². The van der Waals surface area contributed by atoms with Gasteiger partial charge in [-0.05, 0) is 54.7 Å². The molecule has 0 aliphatic carbocycles. The van der Waals surface area contributed by atoms with Crippen LogP contribution in [0.2, 0.25) is 0 Å². The van der Waals surface area contributed by atoms with Crippen LogP contribution in [0.15, 0.2) is 48.8 Å². The number of anilines is 2. The Balaban J connectivity index is 1.66. The Morgan fingerprint density at radius 3 is 3.00 bits per heavy atom. The van der Waals surface area contributed by atoms with Gasteiger partial charge < -0.3 is 5.32 Å². The van der Waals surface area contributed by atoms with Crippen molar-refractivity contribution in [2.75, 3.05) is 16.8 Å². The zero-order valence-electron chi connectivity index (χ0n) is 12.3. The van der Waals surface area contributed by atoms with Gasteiger partial charge in [-0.3, -0.25) is 9.69 Å². The minimum Gasteiger partial charge on any atom is -0.359 e. The molecule has 0 bridgehead atoms. The summed E-state index contributed by atoms with van der Waals surface area (Å²) in [6.45, 7) is 4.67. The van der Waals surface area contributed by atoms with Gasteiger partial charge >= 0.3 is 0 Å². The number of amides is 1. The van der Waals surface area contributed by atoms with E-state index in [1.54, 1.807) is 11.1 Å². The molecule has 0 fully saturated rings. The number of aryl methyl sites for hydroxylation is 1. The highest BCUT2D eigenvalue weighted by molar-refractivity contribution is 6.07. The number of benzene rings is 1. The first kappa shape index (κ1) is 13.1. The molecule has 4 rings (SSSR count). The van der Waals surface area contributed by atoms with Crippen LogP contribution in [0.5, 0.6) is 0 Å². The lowest BCUT2D eigenvalue weighted by molar-refractivity contribution is 0.0988. The molecule has 0 radical (unpaired) electrons. The minimum atomic E-state index is 0.0321. The maximum atomic E-state index is 12.8. The van der Waals surface area contributed by atoms with E-state index in [0.29, 0.717) is 6.54 Å². The van der Waals surface area contributed by atoms with Crippen molar-refractivity contribution in [2.24, 2.45) is 0 Å². The number of nitrogens with one attached hydrogen (secondary N) is 1. The molecule has 1 amide bonds. The highest BCUT2D eigenvalue weighted by Gasteiger charge is 2.27. The van der Waals surface area contributed by atoms with E-state index in [1.807, 2.05) is 30.3 Å². The largest absolute Gasteiger partial charge is 0.359 e. The van der Waals surface area contributed by atoms with Gasteiger partial charge in [0.1, 0.15) is 5.82 Å². The van der Waals surface area contributed by atoms with Crippen LogP contribution in [0.1, 0.15) is 27.9 Å². The van der Waals surface area contributed by atoms with Gasteiger partial charge in [0, 0.05) is 29.7 Å². The van der Waals surface area contributed by atoms with E-state index in [-0.39, 0.29) is 5.91 Å². The number of aromatic nitrogens is 1. The maximum absolute atomic E-state index is 12.8. The van der Waals surface area contributed by atoms with E-state index in [9.17, 15) is 4.79 Å². The van der Waals surface area contributed by atoms with Crippen molar-refractivity contribution in [1.82, 2.24) is 4.98 Å². The molecule has 1 aromatic heterocycles. The summed E-state index contributed by atoms with van der Waals surface area (Å²) in [5, 5.41) is 3.28. The van der Waals surface area contributed by atoms with Gasteiger partial charge in [0.05, 0.1) is 0 Å². The second-order valence-electron chi connectivity index (χ2n) is 5.79. The first-order valence-corrected chi connectivity index (χ1v) is 7.56. The van der Waals surface area contributed by atoms with Gasteiger partial charge in [-0.15, -0.1) is 0 Å². The lowest BCUT2D eigenvalue weighted by Crippen LogP contribution is -2.29. The second kappa shape index (κ2) is 4.98. The van der Waals surface area contributed by atoms with E-state index in [0.717, 1.165) is 47.6 Å². The standard InChI is InChI=1S/C18H17N3O/c1-12-4-5-14-11-15(6-7-16(14)20-12)18(22)21-10-8-13-3-2-9-19-17(13)21/h2-3,6-7,9,11,20H,1,4-5,8,10H2. The van der Waals surface area contributed by atoms with Crippen LogP contribution in [-0.4, -0.2) is 17.4 Å². The molecule has 0 spiro atoms. The maximum Gasteiger partial charge on any atom is 0.259 e. The summed E-state index contributed by atoms with van der Waals surface area (Å²) in [6.07, 6.45) is 4.46. The average molecular weight is 291 g/mol. The predicted octanol–water partition coefficient (Wildman–Crippen LogP) is 3.16. The third kappa shape index (κ3) is 2.08. The Morgan fingerprint density at radius 2 is 2.09 bits per heavy atom. The van der Waals surface area contributed by atoms with E-state index in [4.69, 9.17) is 0 Å². The third-order valence-electron chi connectivity index (χ3n) is 4.33. The third-order valence-corrected chi connectivity index (χ3v) is 4.33. The van der Waals surface area contributed by atoms with Crippen LogP contribution >= 0.6 is 0 Å². The van der Waals surface area contributed by atoms with E-state index in [1.165, 1.54) is 5.56 Å². The number of allylic oxidation sites excluding steroid dienone is 1. The fourth-order valence-electron chi connectivity index (χ4n) is 3.15. The fraction of sp³-hybridized carbons (Fsp3) is 0.222. The number of rotatable bonds is 1. The molecule has 110 valence electrons. The summed E-state index contributed by atoms with van der Waals surface area (Å²) in [6, 6.07) is 9.82. The van der Waals surface area contributed by atoms with Gasteiger partial charge in [0.15, 0.2) is 0 Å². The van der Waals surface area contributed by atoms with Gasteiger partial charge in [-0.25, -0.2) is 4.98 Å². The Hall–Kier alpha value is -2.62. The molecule has 4 nitrogen and oxygen atoms in total. The summed E-state index contributed by atoms with van der Waals surface area (Å²) in [5.41, 5.74) is 5.15. The van der Waals surface area contributed by atoms with Crippen molar-refractivity contribution in [1.29, 1.82) is 0 Å². The molecule has 0 unspecified atom stereocenters. The van der Waals surface area contributed by atoms with Crippen molar-refractivity contribution in [2.45, 2.75) is 19.3 Å². The van der Waals surface area contributed by atoms with Gasteiger partial charge in [-0.1, -0.05) is 12.6 Å². The molecular formula is C18H17N3O. The van der Waals surface area contributed by atoms with Crippen LogP contribution in [0, 0.1) is 0 Å². The highest BCUT2D eigenvalue weighted by atomic mass is 16.2. The average Bonchev–Trinajstić information content (AvgIpc) is 2.97. The smallest absolute Gasteiger partial charge is 0.259 e. The number of carbonyl (C=O) groups excluding carboxylic acids is 1. The van der Waals surface area contributed by atoms with Crippen LogP contribution in [0.4, 0.5) is 11.5 Å². The van der Waals surface area contributed by atoms with Crippen LogP contribution in [0.25, 0.3) is 0 Å². The molecule has 1 N–H and O–H groups in total. The van der Waals surface area contributed by atoms with Gasteiger partial charge in [0.25, 0.3) is 5.91 Å². The van der Waals surface area contributed by atoms with Crippen LogP contribution in [-0.2, 0) is 12.8 Å². The zero-order chi connectivity index (χ0) is 15.1. The fourth-order valence-corrected chi connectivity index (χ4v) is 3.15. The Bertz CT molecular complexity index is 782. The van der Waals surface area contributed by atoms with Crippen molar-refractivity contribution in [3.05, 3.63) is 65.5 Å². The molecule has 2 aromatic rings. The topological polar surface area (TPSA) is 45.2 Å².